The van der Waals surface area contributed by atoms with Gasteiger partial charge in [0.15, 0.2) is 0 Å². The van der Waals surface area contributed by atoms with Crippen molar-refractivity contribution in [3.8, 4) is 0 Å². The first kappa shape index (κ1) is 18.5. The summed E-state index contributed by atoms with van der Waals surface area (Å²) in [5, 5.41) is 3.60. The fourth-order valence-electron chi connectivity index (χ4n) is 3.98. The highest BCUT2D eigenvalue weighted by Gasteiger charge is 2.43. The molecule has 1 N–H and O–H groups in total. The van der Waals surface area contributed by atoms with Crippen molar-refractivity contribution in [2.75, 3.05) is 0 Å². The van der Waals surface area contributed by atoms with Gasteiger partial charge in [-0.15, -0.1) is 0 Å². The van der Waals surface area contributed by atoms with Crippen LogP contribution in [-0.4, -0.2) is 0 Å². The number of hydrogen-bond acceptors (Lipinski definition) is 1. The Balaban J connectivity index is 1.78. The Morgan fingerprint density at radius 2 is 1.77 bits per heavy atom. The molecule has 1 atom stereocenters. The van der Waals surface area contributed by atoms with Gasteiger partial charge in [-0.25, -0.2) is 0 Å². The summed E-state index contributed by atoms with van der Waals surface area (Å²) in [4.78, 5) is 0. The van der Waals surface area contributed by atoms with Gasteiger partial charge < -0.3 is 5.32 Å². The molecule has 0 radical (unpaired) electrons. The monoisotopic (exact) mass is 345 g/mol. The summed E-state index contributed by atoms with van der Waals surface area (Å²) < 4.78 is 0. The molecule has 136 valence electrons. The van der Waals surface area contributed by atoms with E-state index in [9.17, 15) is 0 Å². The molecule has 1 aliphatic carbocycles. The van der Waals surface area contributed by atoms with Crippen molar-refractivity contribution in [2.45, 2.75) is 58.4 Å². The molecule has 26 heavy (non-hydrogen) atoms. The Labute approximate surface area is 158 Å². The van der Waals surface area contributed by atoms with E-state index in [0.717, 1.165) is 11.3 Å². The molecule has 0 bridgehead atoms. The molecule has 0 spiro atoms. The highest BCUT2D eigenvalue weighted by molar-refractivity contribution is 5.67. The maximum Gasteiger partial charge on any atom is 0.0485 e. The van der Waals surface area contributed by atoms with E-state index in [1.54, 1.807) is 0 Å². The quantitative estimate of drug-likeness (QED) is 0.582. The Hall–Kier alpha value is -2.28. The van der Waals surface area contributed by atoms with Crippen LogP contribution >= 0.6 is 0 Å². The van der Waals surface area contributed by atoms with Gasteiger partial charge in [-0.1, -0.05) is 68.1 Å². The molecule has 0 amide bonds. The third-order valence-corrected chi connectivity index (χ3v) is 6.05. The predicted molar refractivity (Wildman–Crippen MR) is 114 cm³/mol. The molecule has 1 heteroatoms. The number of rotatable bonds is 7. The maximum atomic E-state index is 4.34. The molecule has 0 saturated heterocycles. The lowest BCUT2D eigenvalue weighted by molar-refractivity contribution is 0.658. The van der Waals surface area contributed by atoms with Gasteiger partial charge in [0.2, 0.25) is 0 Å². The van der Waals surface area contributed by atoms with Crippen LogP contribution in [0.4, 0.5) is 0 Å². The van der Waals surface area contributed by atoms with Crippen LogP contribution in [0.15, 0.2) is 55.6 Å². The molecule has 3 rings (SSSR count). The van der Waals surface area contributed by atoms with Crippen LogP contribution in [-0.2, 0) is 5.41 Å². The highest BCUT2D eigenvalue weighted by atomic mass is 14.9. The van der Waals surface area contributed by atoms with Crippen LogP contribution in [0, 0.1) is 6.92 Å². The number of hydrogen-bond donors (Lipinski definition) is 1. The van der Waals surface area contributed by atoms with Gasteiger partial charge in [0.1, 0.15) is 0 Å². The van der Waals surface area contributed by atoms with Crippen LogP contribution in [0.5, 0.6) is 0 Å². The minimum atomic E-state index is 0.214. The van der Waals surface area contributed by atoms with Crippen molar-refractivity contribution in [1.82, 2.24) is 5.32 Å². The van der Waals surface area contributed by atoms with Crippen molar-refractivity contribution in [1.29, 1.82) is 0 Å². The average molecular weight is 346 g/mol. The minimum Gasteiger partial charge on any atom is -0.379 e. The van der Waals surface area contributed by atoms with Crippen molar-refractivity contribution >= 4 is 11.3 Å². The van der Waals surface area contributed by atoms with Crippen LogP contribution in [0.2, 0.25) is 0 Å². The van der Waals surface area contributed by atoms with Crippen molar-refractivity contribution in [2.24, 2.45) is 0 Å². The first-order valence-electron chi connectivity index (χ1n) is 9.69. The zero-order valence-corrected chi connectivity index (χ0v) is 16.7. The summed E-state index contributed by atoms with van der Waals surface area (Å²) >= 11 is 0. The smallest absolute Gasteiger partial charge is 0.0485 e. The molecule has 1 fully saturated rings. The van der Waals surface area contributed by atoms with Crippen molar-refractivity contribution in [3.63, 3.8) is 0 Å². The lowest BCUT2D eigenvalue weighted by Crippen LogP contribution is -2.18. The lowest BCUT2D eigenvalue weighted by atomic mass is 9.87. The van der Waals surface area contributed by atoms with Gasteiger partial charge in [0.05, 0.1) is 0 Å². The van der Waals surface area contributed by atoms with E-state index in [1.165, 1.54) is 47.1 Å². The first-order chi connectivity index (χ1) is 12.4. The second-order valence-electron chi connectivity index (χ2n) is 7.86. The molecular weight excluding hydrogens is 314 g/mol. The Morgan fingerprint density at radius 1 is 1.12 bits per heavy atom. The molecule has 1 nitrogen and oxygen atoms in total. The Kier molecular flexibility index (Phi) is 5.09. The molecular formula is C25H31N. The Morgan fingerprint density at radius 3 is 2.31 bits per heavy atom. The standard InChI is InChI=1S/C25H31N/c1-7-25(15-16-25)24-10-8-9-23(18(24)4)20(6)26-19(5)22-13-11-21(12-14-22)17(2)3/h8-14,19,26H,2,6-7,15-16H2,1,3-5H3. The molecule has 1 aliphatic rings. The first-order valence-corrected chi connectivity index (χ1v) is 9.69. The molecule has 1 saturated carbocycles. The van der Waals surface area contributed by atoms with E-state index in [1.807, 2.05) is 6.92 Å². The summed E-state index contributed by atoms with van der Waals surface area (Å²) in [6.07, 6.45) is 3.86. The number of benzene rings is 2. The zero-order chi connectivity index (χ0) is 18.9. The molecule has 0 aliphatic heterocycles. The fourth-order valence-corrected chi connectivity index (χ4v) is 3.98. The van der Waals surface area contributed by atoms with E-state index >= 15 is 0 Å². The van der Waals surface area contributed by atoms with Crippen molar-refractivity contribution < 1.29 is 0 Å². The van der Waals surface area contributed by atoms with Crippen LogP contribution < -0.4 is 5.32 Å². The van der Waals surface area contributed by atoms with Crippen LogP contribution in [0.25, 0.3) is 11.3 Å². The highest BCUT2D eigenvalue weighted by Crippen LogP contribution is 2.52. The molecule has 0 heterocycles. The van der Waals surface area contributed by atoms with Gasteiger partial charge in [0, 0.05) is 17.3 Å². The van der Waals surface area contributed by atoms with E-state index in [-0.39, 0.29) is 6.04 Å². The van der Waals surface area contributed by atoms with E-state index in [2.05, 4.69) is 81.7 Å². The van der Waals surface area contributed by atoms with E-state index in [0.29, 0.717) is 5.41 Å². The van der Waals surface area contributed by atoms with Gasteiger partial charge in [-0.2, -0.15) is 0 Å². The molecule has 0 aromatic heterocycles. The SMILES string of the molecule is C=C(C)c1ccc(C(C)NC(=C)c2cccc(C3(CC)CC3)c2C)cc1. The molecule has 2 aromatic rings. The maximum absolute atomic E-state index is 4.34. The summed E-state index contributed by atoms with van der Waals surface area (Å²) in [5.74, 6) is 0. The Bertz CT molecular complexity index is 822. The zero-order valence-electron chi connectivity index (χ0n) is 16.7. The largest absolute Gasteiger partial charge is 0.379 e. The summed E-state index contributed by atoms with van der Waals surface area (Å²) in [7, 11) is 0. The summed E-state index contributed by atoms with van der Waals surface area (Å²) in [6.45, 7) is 17.1. The third-order valence-electron chi connectivity index (χ3n) is 6.05. The summed E-state index contributed by atoms with van der Waals surface area (Å²) in [6, 6.07) is 15.5. The average Bonchev–Trinajstić information content (AvgIpc) is 3.43. The summed E-state index contributed by atoms with van der Waals surface area (Å²) in [5.41, 5.74) is 9.12. The number of nitrogens with one attached hydrogen (secondary N) is 1. The van der Waals surface area contributed by atoms with Crippen LogP contribution in [0.3, 0.4) is 0 Å². The van der Waals surface area contributed by atoms with Crippen LogP contribution in [0.1, 0.15) is 73.9 Å². The molecule has 2 aromatic carbocycles. The van der Waals surface area contributed by atoms with E-state index in [4.69, 9.17) is 0 Å². The number of allylic oxidation sites excluding steroid dienone is 1. The van der Waals surface area contributed by atoms with Gasteiger partial charge in [0.25, 0.3) is 0 Å². The van der Waals surface area contributed by atoms with Gasteiger partial charge >= 0.3 is 0 Å². The topological polar surface area (TPSA) is 12.0 Å². The predicted octanol–water partition coefficient (Wildman–Crippen LogP) is 6.79. The van der Waals surface area contributed by atoms with Gasteiger partial charge in [-0.3, -0.25) is 0 Å². The van der Waals surface area contributed by atoms with Gasteiger partial charge in [-0.05, 0) is 67.7 Å². The van der Waals surface area contributed by atoms with Crippen molar-refractivity contribution in [3.05, 3.63) is 83.4 Å². The normalized spacial score (nSPS) is 16.0. The third kappa shape index (κ3) is 3.49. The molecule has 1 unspecified atom stereocenters. The fraction of sp³-hybridized carbons (Fsp3) is 0.360. The van der Waals surface area contributed by atoms with E-state index < -0.39 is 0 Å². The second kappa shape index (κ2) is 7.15. The lowest BCUT2D eigenvalue weighted by Gasteiger charge is -2.23. The second-order valence-corrected chi connectivity index (χ2v) is 7.86. The minimum absolute atomic E-state index is 0.214.